The summed E-state index contributed by atoms with van der Waals surface area (Å²) >= 11 is 0. The van der Waals surface area contributed by atoms with E-state index >= 15 is 0 Å². The molecule has 35 heavy (non-hydrogen) atoms. The lowest BCUT2D eigenvalue weighted by Crippen LogP contribution is -2.41. The molecule has 0 fully saturated rings. The van der Waals surface area contributed by atoms with Gasteiger partial charge in [-0.1, -0.05) is 36.4 Å². The van der Waals surface area contributed by atoms with Crippen LogP contribution in [0.25, 0.3) is 5.69 Å². The average Bonchev–Trinajstić information content (AvgIpc) is 2.82. The number of hydrogen-bond acceptors (Lipinski definition) is 6. The number of benzene rings is 2. The van der Waals surface area contributed by atoms with Crippen molar-refractivity contribution in [3.63, 3.8) is 0 Å². The molecule has 1 unspecified atom stereocenters. The molecule has 3 amide bonds. The fraction of sp³-hybridized carbons (Fsp3) is 0.174. The summed E-state index contributed by atoms with van der Waals surface area (Å²) in [4.78, 5) is 49.5. The average molecular weight is 488 g/mol. The molecule has 3 aromatic rings. The number of alkyl halides is 3. The molecule has 2 N–H and O–H groups in total. The number of carbonyl (C=O) groups excluding carboxylic acids is 3. The molecule has 0 spiro atoms. The van der Waals surface area contributed by atoms with Gasteiger partial charge >= 0.3 is 18.2 Å². The number of urea groups is 1. The van der Waals surface area contributed by atoms with E-state index in [9.17, 15) is 32.3 Å². The highest BCUT2D eigenvalue weighted by molar-refractivity contribution is 5.98. The van der Waals surface area contributed by atoms with Gasteiger partial charge in [0.05, 0.1) is 11.3 Å². The van der Waals surface area contributed by atoms with E-state index in [1.165, 1.54) is 32.2 Å². The van der Waals surface area contributed by atoms with Gasteiger partial charge in [0.15, 0.2) is 0 Å². The van der Waals surface area contributed by atoms with Crippen LogP contribution in [0.15, 0.2) is 65.5 Å². The first-order valence-electron chi connectivity index (χ1n) is 10.1. The van der Waals surface area contributed by atoms with Gasteiger partial charge < -0.3 is 10.1 Å². The molecule has 182 valence electrons. The molecule has 2 aromatic carbocycles. The number of aromatic nitrogens is 2. The van der Waals surface area contributed by atoms with E-state index in [0.29, 0.717) is 0 Å². The van der Waals surface area contributed by atoms with Crippen molar-refractivity contribution in [3.05, 3.63) is 93.4 Å². The van der Waals surface area contributed by atoms with Crippen molar-refractivity contribution < 1.29 is 32.3 Å². The maximum absolute atomic E-state index is 13.1. The van der Waals surface area contributed by atoms with Gasteiger partial charge in [0.1, 0.15) is 0 Å². The van der Waals surface area contributed by atoms with Gasteiger partial charge in [-0.15, -0.1) is 0 Å². The number of aryl methyl sites for hydroxylation is 1. The molecular formula is C23H19F3N4O5. The Morgan fingerprint density at radius 2 is 1.71 bits per heavy atom. The molecule has 0 radical (unpaired) electrons. The molecule has 3 rings (SSSR count). The summed E-state index contributed by atoms with van der Waals surface area (Å²) in [7, 11) is 1.28. The molecule has 9 nitrogen and oxygen atoms in total. The van der Waals surface area contributed by atoms with Gasteiger partial charge in [-0.2, -0.15) is 18.3 Å². The maximum atomic E-state index is 13.1. The molecule has 1 atom stereocenters. The molecule has 1 heterocycles. The van der Waals surface area contributed by atoms with Gasteiger partial charge in [-0.25, -0.2) is 14.3 Å². The Morgan fingerprint density at radius 1 is 1.03 bits per heavy atom. The van der Waals surface area contributed by atoms with Crippen molar-refractivity contribution in [3.8, 4) is 5.69 Å². The Morgan fingerprint density at radius 3 is 2.34 bits per heavy atom. The first kappa shape index (κ1) is 25.1. The van der Waals surface area contributed by atoms with Crippen molar-refractivity contribution in [1.82, 2.24) is 20.4 Å². The molecule has 1 aromatic heterocycles. The number of hydrogen-bond donors (Lipinski definition) is 2. The zero-order valence-corrected chi connectivity index (χ0v) is 18.4. The lowest BCUT2D eigenvalue weighted by molar-refractivity contribution is -0.137. The van der Waals surface area contributed by atoms with E-state index in [1.54, 1.807) is 18.2 Å². The van der Waals surface area contributed by atoms with Crippen LogP contribution < -0.4 is 16.1 Å². The number of halogens is 3. The van der Waals surface area contributed by atoms with E-state index in [0.717, 1.165) is 28.9 Å². The summed E-state index contributed by atoms with van der Waals surface area (Å²) in [5.41, 5.74) is -2.27. The van der Waals surface area contributed by atoms with Crippen LogP contribution in [0.5, 0.6) is 0 Å². The summed E-state index contributed by atoms with van der Waals surface area (Å²) in [6.07, 6.45) is -6.24. The lowest BCUT2D eigenvalue weighted by Gasteiger charge is -2.18. The van der Waals surface area contributed by atoms with Crippen molar-refractivity contribution in [2.45, 2.75) is 19.2 Å². The zero-order valence-electron chi connectivity index (χ0n) is 18.4. The molecule has 0 saturated carbocycles. The van der Waals surface area contributed by atoms with Crippen molar-refractivity contribution in [1.29, 1.82) is 0 Å². The summed E-state index contributed by atoms with van der Waals surface area (Å²) < 4.78 is 45.6. The van der Waals surface area contributed by atoms with Crippen molar-refractivity contribution >= 4 is 17.9 Å². The van der Waals surface area contributed by atoms with E-state index in [4.69, 9.17) is 4.74 Å². The molecular weight excluding hydrogens is 469 g/mol. The molecule has 0 aliphatic heterocycles. The molecule has 0 bridgehead atoms. The van der Waals surface area contributed by atoms with Gasteiger partial charge in [0.25, 0.3) is 5.91 Å². The van der Waals surface area contributed by atoms with Crippen molar-refractivity contribution in [2.24, 2.45) is 0 Å². The molecule has 0 aliphatic rings. The van der Waals surface area contributed by atoms with Crippen LogP contribution in [0.3, 0.4) is 0 Å². The minimum absolute atomic E-state index is 0.0525. The number of carbonyl (C=O) groups is 3. The minimum Gasteiger partial charge on any atom is -0.442 e. The van der Waals surface area contributed by atoms with Gasteiger partial charge in [-0.3, -0.25) is 14.9 Å². The SMILES string of the molecule is CNC(=O)NC(=O)C(OC(=O)c1nn(-c2cccc(C(F)(F)F)c2)c(C)cc1=O)c1ccccc1. The topological polar surface area (TPSA) is 119 Å². The normalized spacial score (nSPS) is 11.9. The van der Waals surface area contributed by atoms with Crippen LogP contribution in [0, 0.1) is 6.92 Å². The minimum atomic E-state index is -4.62. The zero-order chi connectivity index (χ0) is 25.8. The Balaban J connectivity index is 2.00. The lowest BCUT2D eigenvalue weighted by atomic mass is 10.1. The quantitative estimate of drug-likeness (QED) is 0.533. The van der Waals surface area contributed by atoms with Crippen LogP contribution in [0.4, 0.5) is 18.0 Å². The van der Waals surface area contributed by atoms with Gasteiger partial charge in [0, 0.05) is 24.4 Å². The van der Waals surface area contributed by atoms with Gasteiger partial charge in [-0.05, 0) is 25.1 Å². The second-order valence-electron chi connectivity index (χ2n) is 7.22. The monoisotopic (exact) mass is 488 g/mol. The third kappa shape index (κ3) is 5.91. The van der Waals surface area contributed by atoms with E-state index in [2.05, 4.69) is 10.4 Å². The summed E-state index contributed by atoms with van der Waals surface area (Å²) in [5, 5.41) is 8.08. The first-order chi connectivity index (χ1) is 16.5. The number of ether oxygens (including phenoxy) is 1. The Kier molecular flexibility index (Phi) is 7.33. The molecule has 12 heteroatoms. The fourth-order valence-electron chi connectivity index (χ4n) is 3.07. The Labute approximate surface area is 196 Å². The van der Waals surface area contributed by atoms with Gasteiger partial charge in [0.2, 0.25) is 17.2 Å². The predicted octanol–water partition coefficient (Wildman–Crippen LogP) is 2.91. The van der Waals surface area contributed by atoms with E-state index < -0.39 is 46.9 Å². The summed E-state index contributed by atoms with van der Waals surface area (Å²) in [6.45, 7) is 1.42. The maximum Gasteiger partial charge on any atom is 0.416 e. The number of nitrogens with zero attached hydrogens (tertiary/aromatic N) is 2. The third-order valence-corrected chi connectivity index (χ3v) is 4.75. The van der Waals surface area contributed by atoms with Crippen molar-refractivity contribution in [2.75, 3.05) is 7.05 Å². The highest BCUT2D eigenvalue weighted by Gasteiger charge is 2.31. The van der Waals surface area contributed by atoms with Crippen LogP contribution in [0.2, 0.25) is 0 Å². The number of amides is 3. The third-order valence-electron chi connectivity index (χ3n) is 4.75. The number of esters is 1. The molecule has 0 aliphatic carbocycles. The van der Waals surface area contributed by atoms with Crippen LogP contribution >= 0.6 is 0 Å². The number of rotatable bonds is 5. The smallest absolute Gasteiger partial charge is 0.416 e. The summed E-state index contributed by atoms with van der Waals surface area (Å²) in [5.74, 6) is -2.30. The van der Waals surface area contributed by atoms with E-state index in [1.807, 2.05) is 5.32 Å². The van der Waals surface area contributed by atoms with Crippen LogP contribution in [0.1, 0.15) is 33.4 Å². The standard InChI is InChI=1S/C23H19F3N4O5/c1-13-11-17(31)18(29-30(13)16-10-6-9-15(12-16)23(24,25)26)21(33)35-19(14-7-4-3-5-8-14)20(32)28-22(34)27-2/h3-12,19H,1-2H3,(H2,27,28,32,34). The highest BCUT2D eigenvalue weighted by atomic mass is 19.4. The largest absolute Gasteiger partial charge is 0.442 e. The predicted molar refractivity (Wildman–Crippen MR) is 117 cm³/mol. The van der Waals surface area contributed by atoms with Crippen LogP contribution in [-0.2, 0) is 15.7 Å². The first-order valence-corrected chi connectivity index (χ1v) is 10.1. The van der Waals surface area contributed by atoms with Crippen LogP contribution in [-0.4, -0.2) is 34.7 Å². The molecule has 0 saturated heterocycles. The second kappa shape index (κ2) is 10.2. The number of nitrogens with one attached hydrogen (secondary N) is 2. The second-order valence-corrected chi connectivity index (χ2v) is 7.22. The highest BCUT2D eigenvalue weighted by Crippen LogP contribution is 2.30. The Bertz CT molecular complexity index is 1320. The summed E-state index contributed by atoms with van der Waals surface area (Å²) in [6, 6.07) is 12.0. The fourth-order valence-corrected chi connectivity index (χ4v) is 3.07. The number of imide groups is 1. The Hall–Kier alpha value is -4.48. The van der Waals surface area contributed by atoms with E-state index in [-0.39, 0.29) is 16.9 Å².